The highest BCUT2D eigenvalue weighted by Gasteiger charge is 2.29. The van der Waals surface area contributed by atoms with Crippen LogP contribution < -0.4 is 10.9 Å². The van der Waals surface area contributed by atoms with Crippen LogP contribution in [0.15, 0.2) is 9.95 Å². The third-order valence-corrected chi connectivity index (χ3v) is 7.71. The highest BCUT2D eigenvalue weighted by atomic mass is 32.2. The van der Waals surface area contributed by atoms with Gasteiger partial charge in [0, 0.05) is 10.4 Å². The van der Waals surface area contributed by atoms with Gasteiger partial charge in [0.15, 0.2) is 5.16 Å². The molecule has 9 heteroatoms. The number of thiophene rings is 1. The standard InChI is InChI=1S/C21H25N3O4S2/c1-11-7-8-13-15(9-11)30-19(17(13)20(27)28-2)23-16(25)10-29-21-22-14-6-4-3-5-12(14)18(26)24-21/h11H,3-10H2,1-2H3,(H,23,25)(H,22,24,26)/t11-/m0/s1. The maximum Gasteiger partial charge on any atom is 0.341 e. The van der Waals surface area contributed by atoms with Crippen molar-refractivity contribution >= 4 is 40.0 Å². The summed E-state index contributed by atoms with van der Waals surface area (Å²) < 4.78 is 4.97. The van der Waals surface area contributed by atoms with Gasteiger partial charge in [-0.05, 0) is 56.4 Å². The van der Waals surface area contributed by atoms with Gasteiger partial charge in [0.2, 0.25) is 5.91 Å². The van der Waals surface area contributed by atoms with Crippen LogP contribution in [0.1, 0.15) is 58.2 Å². The summed E-state index contributed by atoms with van der Waals surface area (Å²) in [5, 5.41) is 3.90. The Hall–Kier alpha value is -2.13. The Bertz CT molecular complexity index is 1040. The van der Waals surface area contributed by atoms with Crippen molar-refractivity contribution in [3.8, 4) is 0 Å². The van der Waals surface area contributed by atoms with E-state index in [1.165, 1.54) is 30.2 Å². The normalized spacial score (nSPS) is 17.7. The number of hydrogen-bond acceptors (Lipinski definition) is 7. The number of aromatic amines is 1. The zero-order valence-electron chi connectivity index (χ0n) is 17.1. The van der Waals surface area contributed by atoms with Crippen LogP contribution in [0.3, 0.4) is 0 Å². The van der Waals surface area contributed by atoms with E-state index in [-0.39, 0.29) is 17.2 Å². The predicted octanol–water partition coefficient (Wildman–Crippen LogP) is 3.35. The summed E-state index contributed by atoms with van der Waals surface area (Å²) in [6, 6.07) is 0. The molecule has 30 heavy (non-hydrogen) atoms. The second-order valence-electron chi connectivity index (χ2n) is 7.89. The highest BCUT2D eigenvalue weighted by Crippen LogP contribution is 2.40. The molecule has 4 rings (SSSR count). The van der Waals surface area contributed by atoms with E-state index in [2.05, 4.69) is 22.2 Å². The molecule has 0 aromatic carbocycles. The molecule has 0 saturated carbocycles. The lowest BCUT2D eigenvalue weighted by Crippen LogP contribution is -2.22. The summed E-state index contributed by atoms with van der Waals surface area (Å²) in [5.74, 6) is 0.0110. The molecule has 2 heterocycles. The van der Waals surface area contributed by atoms with Crippen molar-refractivity contribution in [2.45, 2.75) is 57.0 Å². The number of fused-ring (bicyclic) bond motifs is 2. The van der Waals surface area contributed by atoms with E-state index >= 15 is 0 Å². The van der Waals surface area contributed by atoms with E-state index in [0.717, 1.165) is 66.6 Å². The second kappa shape index (κ2) is 8.93. The van der Waals surface area contributed by atoms with E-state index < -0.39 is 5.97 Å². The largest absolute Gasteiger partial charge is 0.465 e. The zero-order chi connectivity index (χ0) is 21.3. The molecule has 2 aliphatic carbocycles. The smallest absolute Gasteiger partial charge is 0.341 e. The molecular formula is C21H25N3O4S2. The third kappa shape index (κ3) is 4.32. The second-order valence-corrected chi connectivity index (χ2v) is 9.96. The molecule has 0 aliphatic heterocycles. The Morgan fingerprint density at radius 3 is 2.87 bits per heavy atom. The highest BCUT2D eigenvalue weighted by molar-refractivity contribution is 7.99. The van der Waals surface area contributed by atoms with Crippen LogP contribution in [0.25, 0.3) is 0 Å². The summed E-state index contributed by atoms with van der Waals surface area (Å²) in [6.07, 6.45) is 6.37. The summed E-state index contributed by atoms with van der Waals surface area (Å²) in [5.41, 5.74) is 3.02. The first-order valence-electron chi connectivity index (χ1n) is 10.2. The number of aryl methyl sites for hydroxylation is 1. The molecule has 0 bridgehead atoms. The maximum absolute atomic E-state index is 12.6. The molecule has 2 aliphatic rings. The molecule has 2 aromatic rings. The predicted molar refractivity (Wildman–Crippen MR) is 118 cm³/mol. The molecule has 2 N–H and O–H groups in total. The van der Waals surface area contributed by atoms with Crippen molar-refractivity contribution in [1.82, 2.24) is 9.97 Å². The minimum atomic E-state index is -0.411. The fourth-order valence-corrected chi connectivity index (χ4v) is 6.20. The van der Waals surface area contributed by atoms with Crippen LogP contribution in [0.2, 0.25) is 0 Å². The number of methoxy groups -OCH3 is 1. The van der Waals surface area contributed by atoms with Crippen LogP contribution in [-0.2, 0) is 35.2 Å². The van der Waals surface area contributed by atoms with Crippen molar-refractivity contribution in [2.24, 2.45) is 5.92 Å². The molecule has 1 atom stereocenters. The lowest BCUT2D eigenvalue weighted by molar-refractivity contribution is -0.113. The first-order valence-corrected chi connectivity index (χ1v) is 12.0. The van der Waals surface area contributed by atoms with Gasteiger partial charge in [-0.3, -0.25) is 9.59 Å². The summed E-state index contributed by atoms with van der Waals surface area (Å²) in [7, 11) is 1.36. The van der Waals surface area contributed by atoms with Crippen LogP contribution in [0.4, 0.5) is 5.00 Å². The average molecular weight is 448 g/mol. The van der Waals surface area contributed by atoms with Crippen LogP contribution in [0.5, 0.6) is 0 Å². The van der Waals surface area contributed by atoms with Crippen LogP contribution in [0, 0.1) is 5.92 Å². The van der Waals surface area contributed by atoms with Gasteiger partial charge < -0.3 is 15.0 Å². The number of carbonyl (C=O) groups is 2. The lowest BCUT2D eigenvalue weighted by Gasteiger charge is -2.18. The van der Waals surface area contributed by atoms with Crippen molar-refractivity contribution in [3.63, 3.8) is 0 Å². The molecule has 2 aromatic heterocycles. The third-order valence-electron chi connectivity index (χ3n) is 5.66. The number of nitrogens with zero attached hydrogens (tertiary/aromatic N) is 1. The number of ether oxygens (including phenoxy) is 1. The average Bonchev–Trinajstić information content (AvgIpc) is 3.08. The minimum Gasteiger partial charge on any atom is -0.465 e. The van der Waals surface area contributed by atoms with Crippen LogP contribution >= 0.6 is 23.1 Å². The van der Waals surface area contributed by atoms with Gasteiger partial charge in [-0.2, -0.15) is 0 Å². The summed E-state index contributed by atoms with van der Waals surface area (Å²) in [6.45, 7) is 2.20. The van der Waals surface area contributed by atoms with Crippen molar-refractivity contribution in [2.75, 3.05) is 18.2 Å². The summed E-state index contributed by atoms with van der Waals surface area (Å²) >= 11 is 2.66. The molecule has 7 nitrogen and oxygen atoms in total. The molecule has 1 amide bonds. The molecule has 0 fully saturated rings. The lowest BCUT2D eigenvalue weighted by atomic mass is 9.88. The van der Waals surface area contributed by atoms with Crippen molar-refractivity contribution in [3.05, 3.63) is 37.6 Å². The number of esters is 1. The van der Waals surface area contributed by atoms with E-state index in [9.17, 15) is 14.4 Å². The first kappa shape index (κ1) is 21.1. The number of nitrogens with one attached hydrogen (secondary N) is 2. The van der Waals surface area contributed by atoms with Gasteiger partial charge in [-0.15, -0.1) is 11.3 Å². The number of carbonyl (C=O) groups excluding carboxylic acids is 2. The van der Waals surface area contributed by atoms with Gasteiger partial charge in [-0.1, -0.05) is 18.7 Å². The monoisotopic (exact) mass is 447 g/mol. The number of anilines is 1. The fraction of sp³-hybridized carbons (Fsp3) is 0.524. The van der Waals surface area contributed by atoms with Gasteiger partial charge in [0.1, 0.15) is 5.00 Å². The number of H-pyrrole nitrogens is 1. The Morgan fingerprint density at radius 2 is 2.07 bits per heavy atom. The molecule has 160 valence electrons. The summed E-state index contributed by atoms with van der Waals surface area (Å²) in [4.78, 5) is 45.7. The van der Waals surface area contributed by atoms with Gasteiger partial charge in [-0.25, -0.2) is 9.78 Å². The fourth-order valence-electron chi connectivity index (χ4n) is 4.10. The van der Waals surface area contributed by atoms with E-state index in [1.54, 1.807) is 0 Å². The molecule has 0 unspecified atom stereocenters. The van der Waals surface area contributed by atoms with Gasteiger partial charge in [0.25, 0.3) is 5.56 Å². The van der Waals surface area contributed by atoms with E-state index in [4.69, 9.17) is 4.74 Å². The van der Waals surface area contributed by atoms with Crippen molar-refractivity contribution < 1.29 is 14.3 Å². The molecule has 0 saturated heterocycles. The Morgan fingerprint density at radius 1 is 1.27 bits per heavy atom. The van der Waals surface area contributed by atoms with E-state index in [1.807, 2.05) is 0 Å². The number of thioether (sulfide) groups is 1. The molecular weight excluding hydrogens is 422 g/mol. The zero-order valence-corrected chi connectivity index (χ0v) is 18.8. The number of hydrogen-bond donors (Lipinski definition) is 2. The topological polar surface area (TPSA) is 101 Å². The molecule has 0 radical (unpaired) electrons. The number of amides is 1. The maximum atomic E-state index is 12.6. The van der Waals surface area contributed by atoms with Gasteiger partial charge >= 0.3 is 5.97 Å². The SMILES string of the molecule is COC(=O)c1c(NC(=O)CSc2nc3c(c(=O)[nH]2)CCCC3)sc2c1CC[C@H](C)C2. The number of rotatable bonds is 5. The number of aromatic nitrogens is 2. The Balaban J connectivity index is 1.48. The van der Waals surface area contributed by atoms with Gasteiger partial charge in [0.05, 0.1) is 24.1 Å². The minimum absolute atomic E-state index is 0.0985. The Kier molecular flexibility index (Phi) is 6.29. The van der Waals surface area contributed by atoms with Crippen LogP contribution in [-0.4, -0.2) is 34.7 Å². The molecule has 0 spiro atoms. The van der Waals surface area contributed by atoms with Crippen molar-refractivity contribution in [1.29, 1.82) is 0 Å². The van der Waals surface area contributed by atoms with E-state index in [0.29, 0.717) is 21.6 Å². The quantitative estimate of drug-likeness (QED) is 0.414. The first-order chi connectivity index (χ1) is 14.5. The Labute approximate surface area is 183 Å².